The maximum absolute atomic E-state index is 9.13. The highest BCUT2D eigenvalue weighted by Gasteiger charge is 2.23. The molecule has 0 radical (unpaired) electrons. The number of hydrogen-bond donors (Lipinski definition) is 2. The van der Waals surface area contributed by atoms with E-state index in [1.807, 2.05) is 0 Å². The van der Waals surface area contributed by atoms with Crippen LogP contribution in [0.2, 0.25) is 0 Å². The Kier molecular flexibility index (Phi) is 5.89. The molecule has 0 bridgehead atoms. The van der Waals surface area contributed by atoms with Crippen LogP contribution in [-0.4, -0.2) is 22.3 Å². The monoisotopic (exact) mass is 252 g/mol. The highest BCUT2D eigenvalue weighted by atomic mass is 16.3. The lowest BCUT2D eigenvalue weighted by Gasteiger charge is -2.31. The van der Waals surface area contributed by atoms with Crippen LogP contribution in [-0.2, 0) is 13.1 Å². The predicted molar refractivity (Wildman–Crippen MR) is 76.5 cm³/mol. The normalized spacial score (nSPS) is 13.8. The SMILES string of the molecule is CCCn1ccc(CNC(CCO)C(C)(C)C)c1. The van der Waals surface area contributed by atoms with E-state index in [1.54, 1.807) is 0 Å². The van der Waals surface area contributed by atoms with Crippen molar-refractivity contribution in [3.63, 3.8) is 0 Å². The van der Waals surface area contributed by atoms with Gasteiger partial charge in [-0.2, -0.15) is 0 Å². The Hall–Kier alpha value is -0.800. The minimum Gasteiger partial charge on any atom is -0.396 e. The van der Waals surface area contributed by atoms with Crippen molar-refractivity contribution in [2.75, 3.05) is 6.61 Å². The molecule has 1 heterocycles. The van der Waals surface area contributed by atoms with Crippen LogP contribution >= 0.6 is 0 Å². The van der Waals surface area contributed by atoms with Crippen LogP contribution < -0.4 is 5.32 Å². The summed E-state index contributed by atoms with van der Waals surface area (Å²) in [5.41, 5.74) is 1.49. The van der Waals surface area contributed by atoms with E-state index >= 15 is 0 Å². The topological polar surface area (TPSA) is 37.2 Å². The molecule has 0 spiro atoms. The summed E-state index contributed by atoms with van der Waals surface area (Å²) in [7, 11) is 0. The van der Waals surface area contributed by atoms with Gasteiger partial charge < -0.3 is 15.0 Å². The Morgan fingerprint density at radius 3 is 2.67 bits per heavy atom. The summed E-state index contributed by atoms with van der Waals surface area (Å²) in [5.74, 6) is 0. The molecule has 0 aliphatic carbocycles. The van der Waals surface area contributed by atoms with Crippen LogP contribution in [0.4, 0.5) is 0 Å². The maximum Gasteiger partial charge on any atom is 0.0446 e. The predicted octanol–water partition coefficient (Wildman–Crippen LogP) is 2.78. The first-order valence-corrected chi connectivity index (χ1v) is 6.96. The highest BCUT2D eigenvalue weighted by Crippen LogP contribution is 2.22. The molecular formula is C15H28N2O. The Labute approximate surface area is 111 Å². The summed E-state index contributed by atoms with van der Waals surface area (Å²) < 4.78 is 2.23. The molecule has 104 valence electrons. The highest BCUT2D eigenvalue weighted by molar-refractivity contribution is 5.10. The third-order valence-electron chi connectivity index (χ3n) is 3.31. The zero-order valence-electron chi connectivity index (χ0n) is 12.2. The van der Waals surface area contributed by atoms with E-state index in [2.05, 4.69) is 56.0 Å². The number of aryl methyl sites for hydroxylation is 1. The smallest absolute Gasteiger partial charge is 0.0446 e. The van der Waals surface area contributed by atoms with Crippen molar-refractivity contribution >= 4 is 0 Å². The van der Waals surface area contributed by atoms with Gasteiger partial charge in [0.05, 0.1) is 0 Å². The molecule has 1 aromatic rings. The lowest BCUT2D eigenvalue weighted by molar-refractivity contribution is 0.196. The summed E-state index contributed by atoms with van der Waals surface area (Å²) in [5, 5.41) is 12.7. The van der Waals surface area contributed by atoms with Gasteiger partial charge in [0, 0.05) is 38.1 Å². The van der Waals surface area contributed by atoms with Crippen molar-refractivity contribution in [2.24, 2.45) is 5.41 Å². The maximum atomic E-state index is 9.13. The fraction of sp³-hybridized carbons (Fsp3) is 0.733. The molecule has 18 heavy (non-hydrogen) atoms. The number of nitrogens with zero attached hydrogens (tertiary/aromatic N) is 1. The first-order valence-electron chi connectivity index (χ1n) is 6.96. The molecular weight excluding hydrogens is 224 g/mol. The molecule has 0 aliphatic heterocycles. The van der Waals surface area contributed by atoms with Crippen LogP contribution in [0.5, 0.6) is 0 Å². The molecule has 1 rings (SSSR count). The Morgan fingerprint density at radius 2 is 2.11 bits per heavy atom. The molecule has 0 saturated heterocycles. The van der Waals surface area contributed by atoms with E-state index in [0.717, 1.165) is 25.9 Å². The minimum absolute atomic E-state index is 0.175. The van der Waals surface area contributed by atoms with Crippen LogP contribution in [0.25, 0.3) is 0 Å². The molecule has 0 fully saturated rings. The largest absolute Gasteiger partial charge is 0.396 e. The van der Waals surface area contributed by atoms with Gasteiger partial charge in [-0.25, -0.2) is 0 Å². The summed E-state index contributed by atoms with van der Waals surface area (Å²) >= 11 is 0. The van der Waals surface area contributed by atoms with Crippen molar-refractivity contribution in [3.8, 4) is 0 Å². The molecule has 0 aromatic carbocycles. The van der Waals surface area contributed by atoms with Gasteiger partial charge in [0.2, 0.25) is 0 Å². The first kappa shape index (κ1) is 15.3. The van der Waals surface area contributed by atoms with E-state index in [4.69, 9.17) is 5.11 Å². The number of aliphatic hydroxyl groups is 1. The molecule has 2 N–H and O–H groups in total. The van der Waals surface area contributed by atoms with Gasteiger partial charge in [0.15, 0.2) is 0 Å². The molecule has 1 unspecified atom stereocenters. The Morgan fingerprint density at radius 1 is 1.39 bits per heavy atom. The van der Waals surface area contributed by atoms with Crippen molar-refractivity contribution in [2.45, 2.75) is 59.7 Å². The van der Waals surface area contributed by atoms with Gasteiger partial charge in [-0.3, -0.25) is 0 Å². The quantitative estimate of drug-likeness (QED) is 0.783. The summed E-state index contributed by atoms with van der Waals surface area (Å²) in [6.45, 7) is 11.0. The number of nitrogens with one attached hydrogen (secondary N) is 1. The van der Waals surface area contributed by atoms with E-state index < -0.39 is 0 Å². The second-order valence-corrected chi connectivity index (χ2v) is 6.07. The lowest BCUT2D eigenvalue weighted by Crippen LogP contribution is -2.40. The number of hydrogen-bond acceptors (Lipinski definition) is 2. The van der Waals surface area contributed by atoms with E-state index in [9.17, 15) is 0 Å². The molecule has 0 aliphatic rings. The third kappa shape index (κ3) is 4.83. The van der Waals surface area contributed by atoms with Crippen LogP contribution in [0.3, 0.4) is 0 Å². The summed E-state index contributed by atoms with van der Waals surface area (Å²) in [6, 6.07) is 2.51. The molecule has 3 nitrogen and oxygen atoms in total. The zero-order chi connectivity index (χ0) is 13.6. The van der Waals surface area contributed by atoms with Gasteiger partial charge in [-0.1, -0.05) is 27.7 Å². The van der Waals surface area contributed by atoms with E-state index in [0.29, 0.717) is 6.04 Å². The standard InChI is InChI=1S/C15H28N2O/c1-5-8-17-9-6-13(12-17)11-16-14(7-10-18)15(2,3)4/h6,9,12,14,16,18H,5,7-8,10-11H2,1-4H3. The average molecular weight is 252 g/mol. The molecule has 1 atom stereocenters. The summed E-state index contributed by atoms with van der Waals surface area (Å²) in [6.07, 6.45) is 6.31. The molecule has 0 amide bonds. The Balaban J connectivity index is 2.50. The zero-order valence-corrected chi connectivity index (χ0v) is 12.2. The van der Waals surface area contributed by atoms with E-state index in [-0.39, 0.29) is 12.0 Å². The van der Waals surface area contributed by atoms with Crippen molar-refractivity contribution in [1.29, 1.82) is 0 Å². The number of aromatic nitrogens is 1. The molecule has 1 aromatic heterocycles. The number of rotatable bonds is 7. The van der Waals surface area contributed by atoms with Crippen molar-refractivity contribution in [3.05, 3.63) is 24.0 Å². The van der Waals surface area contributed by atoms with Gasteiger partial charge in [0.25, 0.3) is 0 Å². The Bertz CT molecular complexity index is 339. The average Bonchev–Trinajstić information content (AvgIpc) is 2.71. The van der Waals surface area contributed by atoms with Crippen LogP contribution in [0, 0.1) is 5.41 Å². The fourth-order valence-corrected chi connectivity index (χ4v) is 2.20. The third-order valence-corrected chi connectivity index (χ3v) is 3.31. The van der Waals surface area contributed by atoms with Gasteiger partial charge in [0.1, 0.15) is 0 Å². The van der Waals surface area contributed by atoms with E-state index in [1.165, 1.54) is 5.56 Å². The fourth-order valence-electron chi connectivity index (χ4n) is 2.20. The minimum atomic E-state index is 0.175. The van der Waals surface area contributed by atoms with Gasteiger partial charge in [-0.15, -0.1) is 0 Å². The van der Waals surface area contributed by atoms with Crippen LogP contribution in [0.1, 0.15) is 46.1 Å². The second-order valence-electron chi connectivity index (χ2n) is 6.07. The van der Waals surface area contributed by atoms with Crippen molar-refractivity contribution in [1.82, 2.24) is 9.88 Å². The van der Waals surface area contributed by atoms with Crippen LogP contribution in [0.15, 0.2) is 18.5 Å². The van der Waals surface area contributed by atoms with Gasteiger partial charge in [-0.05, 0) is 29.9 Å². The number of aliphatic hydroxyl groups excluding tert-OH is 1. The second kappa shape index (κ2) is 6.95. The molecule has 3 heteroatoms. The lowest BCUT2D eigenvalue weighted by atomic mass is 9.85. The summed E-state index contributed by atoms with van der Waals surface area (Å²) in [4.78, 5) is 0. The molecule has 0 saturated carbocycles. The van der Waals surface area contributed by atoms with Gasteiger partial charge >= 0.3 is 0 Å². The van der Waals surface area contributed by atoms with Crippen molar-refractivity contribution < 1.29 is 5.11 Å². The first-order chi connectivity index (χ1) is 8.47.